The van der Waals surface area contributed by atoms with E-state index in [-0.39, 0.29) is 17.1 Å². The van der Waals surface area contributed by atoms with E-state index in [1.54, 1.807) is 36.5 Å². The van der Waals surface area contributed by atoms with Crippen LogP contribution in [0.2, 0.25) is 0 Å². The largest absolute Gasteiger partial charge is 0.573 e. The molecule has 11 nitrogen and oxygen atoms in total. The molecule has 47 heavy (non-hydrogen) atoms. The van der Waals surface area contributed by atoms with Crippen LogP contribution in [0.25, 0.3) is 0 Å². The Labute approximate surface area is 268 Å². The average Bonchev–Trinajstić information content (AvgIpc) is 3.36. The van der Waals surface area contributed by atoms with Gasteiger partial charge < -0.3 is 35.2 Å². The van der Waals surface area contributed by atoms with Gasteiger partial charge in [-0.1, -0.05) is 6.07 Å². The Morgan fingerprint density at radius 2 is 1.64 bits per heavy atom. The molecule has 2 saturated heterocycles. The van der Waals surface area contributed by atoms with Gasteiger partial charge in [0.1, 0.15) is 11.6 Å². The number of amides is 3. The second-order valence-electron chi connectivity index (χ2n) is 11.4. The highest BCUT2D eigenvalue weighted by molar-refractivity contribution is 6.00. The van der Waals surface area contributed by atoms with E-state index in [1.807, 2.05) is 41.1 Å². The van der Waals surface area contributed by atoms with Crippen molar-refractivity contribution in [2.24, 2.45) is 5.41 Å². The molecule has 0 atom stereocenters. The Balaban J connectivity index is 1.05. The number of hydrogen-bond donors (Lipinski definition) is 3. The first-order valence-electron chi connectivity index (χ1n) is 14.9. The summed E-state index contributed by atoms with van der Waals surface area (Å²) in [6.45, 7) is 2.07. The zero-order chi connectivity index (χ0) is 33.0. The van der Waals surface area contributed by atoms with E-state index in [4.69, 9.17) is 4.74 Å². The van der Waals surface area contributed by atoms with Crippen molar-refractivity contribution in [2.45, 2.75) is 25.6 Å². The molecular weight excluding hydrogens is 615 g/mol. The number of hydrogen-bond acceptors (Lipinski definition) is 8. The molecule has 0 unspecified atom stereocenters. The summed E-state index contributed by atoms with van der Waals surface area (Å²) in [5.74, 6) is 0.737. The molecule has 14 heteroatoms. The first-order valence-corrected chi connectivity index (χ1v) is 14.9. The first-order chi connectivity index (χ1) is 22.5. The minimum atomic E-state index is -4.79. The predicted molar refractivity (Wildman–Crippen MR) is 171 cm³/mol. The third-order valence-corrected chi connectivity index (χ3v) is 8.13. The molecule has 3 heterocycles. The molecule has 3 N–H and O–H groups in total. The molecule has 2 aliphatic heterocycles. The highest BCUT2D eigenvalue weighted by Crippen LogP contribution is 2.42. The number of carbonyl (C=O) groups is 2. The summed E-state index contributed by atoms with van der Waals surface area (Å²) in [5.41, 5.74) is 3.14. The standard InChI is InChI=1S/C33H32F3N7O4/c1-42(25-9-5-22(6-10-25)39-31(45)40-23-7-11-27(12-8-23)47-33(34,35)36)28-13-16-37-30(41-28)38-24-3-2-4-26(19-24)43-21-32(20-29(43)44)14-17-46-18-15-32/h2-13,16,19H,14-15,17-18,20-21H2,1H3,(H,37,38,41)(H2,39,40,45). The van der Waals surface area contributed by atoms with Crippen LogP contribution in [-0.4, -0.2) is 55.1 Å². The van der Waals surface area contributed by atoms with Crippen LogP contribution in [0.15, 0.2) is 85.1 Å². The van der Waals surface area contributed by atoms with Crippen molar-refractivity contribution in [3.05, 3.63) is 85.1 Å². The van der Waals surface area contributed by atoms with Gasteiger partial charge in [0.2, 0.25) is 11.9 Å². The van der Waals surface area contributed by atoms with Gasteiger partial charge >= 0.3 is 12.4 Å². The molecule has 4 aromatic rings. The number of benzene rings is 3. The topological polar surface area (TPSA) is 121 Å². The normalized spacial score (nSPS) is 15.7. The van der Waals surface area contributed by atoms with Gasteiger partial charge in [0, 0.05) is 73.3 Å². The highest BCUT2D eigenvalue weighted by Gasteiger charge is 2.44. The fraction of sp³-hybridized carbons (Fsp3) is 0.273. The van der Waals surface area contributed by atoms with Crippen molar-refractivity contribution >= 4 is 52.1 Å². The van der Waals surface area contributed by atoms with Crippen molar-refractivity contribution in [1.82, 2.24) is 9.97 Å². The maximum absolute atomic E-state index is 12.9. The monoisotopic (exact) mass is 647 g/mol. The maximum atomic E-state index is 12.9. The van der Waals surface area contributed by atoms with E-state index >= 15 is 0 Å². The molecule has 6 rings (SSSR count). The predicted octanol–water partition coefficient (Wildman–Crippen LogP) is 7.06. The lowest BCUT2D eigenvalue weighted by atomic mass is 9.79. The number of urea groups is 1. The smallest absolute Gasteiger partial charge is 0.406 e. The molecule has 0 bridgehead atoms. The summed E-state index contributed by atoms with van der Waals surface area (Å²) >= 11 is 0. The van der Waals surface area contributed by atoms with Gasteiger partial charge in [-0.05, 0) is 85.6 Å². The number of nitrogens with zero attached hydrogens (tertiary/aromatic N) is 4. The molecule has 2 aliphatic rings. The Morgan fingerprint density at radius 1 is 0.957 bits per heavy atom. The van der Waals surface area contributed by atoms with Crippen molar-refractivity contribution in [3.8, 4) is 5.75 Å². The Hall–Kier alpha value is -5.37. The molecule has 1 aromatic heterocycles. The Bertz CT molecular complexity index is 1730. The van der Waals surface area contributed by atoms with Crippen LogP contribution in [0.3, 0.4) is 0 Å². The zero-order valence-corrected chi connectivity index (χ0v) is 25.4. The van der Waals surface area contributed by atoms with Gasteiger partial charge in [-0.25, -0.2) is 9.78 Å². The van der Waals surface area contributed by atoms with Crippen molar-refractivity contribution < 1.29 is 32.2 Å². The number of nitrogens with one attached hydrogen (secondary N) is 3. The fourth-order valence-corrected chi connectivity index (χ4v) is 5.68. The molecule has 244 valence electrons. The van der Waals surface area contributed by atoms with Crippen LogP contribution in [0.5, 0.6) is 5.75 Å². The fourth-order valence-electron chi connectivity index (χ4n) is 5.68. The van der Waals surface area contributed by atoms with Gasteiger partial charge in [0.05, 0.1) is 0 Å². The summed E-state index contributed by atoms with van der Waals surface area (Å²) in [6.07, 6.45) is -0.831. The molecule has 3 aromatic carbocycles. The second kappa shape index (κ2) is 13.2. The third-order valence-electron chi connectivity index (χ3n) is 8.13. The number of halogens is 3. The van der Waals surface area contributed by atoms with E-state index in [0.717, 1.165) is 42.0 Å². The van der Waals surface area contributed by atoms with Crippen molar-refractivity contribution in [2.75, 3.05) is 52.6 Å². The lowest BCUT2D eigenvalue weighted by molar-refractivity contribution is -0.274. The third kappa shape index (κ3) is 7.90. The lowest BCUT2D eigenvalue weighted by Gasteiger charge is -2.32. The second-order valence-corrected chi connectivity index (χ2v) is 11.4. The number of alkyl halides is 3. The number of carbonyl (C=O) groups excluding carboxylic acids is 2. The van der Waals surface area contributed by atoms with E-state index in [1.165, 1.54) is 12.1 Å². The summed E-state index contributed by atoms with van der Waals surface area (Å²) in [4.78, 5) is 38.1. The Kier molecular flexibility index (Phi) is 8.85. The molecule has 0 saturated carbocycles. The van der Waals surface area contributed by atoms with E-state index in [9.17, 15) is 22.8 Å². The molecule has 3 amide bonds. The number of aromatic nitrogens is 2. The van der Waals surface area contributed by atoms with Gasteiger partial charge in [-0.2, -0.15) is 4.98 Å². The SMILES string of the molecule is CN(c1ccc(NC(=O)Nc2ccc(OC(F)(F)F)cc2)cc1)c1ccnc(Nc2cccc(N3CC4(CCOCC4)CC3=O)c2)n1. The quantitative estimate of drug-likeness (QED) is 0.186. The van der Waals surface area contributed by atoms with Gasteiger partial charge in [-0.15, -0.1) is 13.2 Å². The summed E-state index contributed by atoms with van der Waals surface area (Å²) in [7, 11) is 1.85. The number of rotatable bonds is 8. The van der Waals surface area contributed by atoms with Crippen molar-refractivity contribution in [3.63, 3.8) is 0 Å². The maximum Gasteiger partial charge on any atom is 0.573 e. The zero-order valence-electron chi connectivity index (χ0n) is 25.4. The summed E-state index contributed by atoms with van der Waals surface area (Å²) in [6, 6.07) is 20.7. The van der Waals surface area contributed by atoms with Gasteiger partial charge in [0.15, 0.2) is 0 Å². The van der Waals surface area contributed by atoms with Crippen LogP contribution in [0, 0.1) is 5.41 Å². The number of ether oxygens (including phenoxy) is 2. The van der Waals surface area contributed by atoms with Crippen LogP contribution in [0.4, 0.5) is 58.2 Å². The molecule has 1 spiro atoms. The molecule has 2 fully saturated rings. The van der Waals surface area contributed by atoms with Gasteiger partial charge in [-0.3, -0.25) is 4.79 Å². The van der Waals surface area contributed by atoms with Crippen LogP contribution < -0.4 is 30.5 Å². The van der Waals surface area contributed by atoms with Gasteiger partial charge in [0.25, 0.3) is 0 Å². The molecule has 0 aliphatic carbocycles. The average molecular weight is 648 g/mol. The lowest BCUT2D eigenvalue weighted by Crippen LogP contribution is -2.33. The number of anilines is 7. The summed E-state index contributed by atoms with van der Waals surface area (Å²) < 4.78 is 46.4. The summed E-state index contributed by atoms with van der Waals surface area (Å²) in [5, 5.41) is 8.49. The highest BCUT2D eigenvalue weighted by atomic mass is 19.4. The van der Waals surface area contributed by atoms with Crippen LogP contribution >= 0.6 is 0 Å². The minimum Gasteiger partial charge on any atom is -0.406 e. The van der Waals surface area contributed by atoms with E-state index in [2.05, 4.69) is 30.7 Å². The molecular formula is C33H32F3N7O4. The van der Waals surface area contributed by atoms with Crippen LogP contribution in [-0.2, 0) is 9.53 Å². The first kappa shape index (κ1) is 31.6. The molecule has 0 radical (unpaired) electrons. The van der Waals surface area contributed by atoms with E-state index < -0.39 is 12.4 Å². The van der Waals surface area contributed by atoms with E-state index in [0.29, 0.717) is 49.3 Å². The van der Waals surface area contributed by atoms with Crippen LogP contribution in [0.1, 0.15) is 19.3 Å². The Morgan fingerprint density at radius 3 is 2.32 bits per heavy atom. The van der Waals surface area contributed by atoms with Crippen molar-refractivity contribution in [1.29, 1.82) is 0 Å². The minimum absolute atomic E-state index is 0.0185.